The Morgan fingerprint density at radius 1 is 1.43 bits per heavy atom. The molecule has 1 nitrogen and oxygen atoms in total. The first kappa shape index (κ1) is 10.2. The number of thiophene rings is 1. The van der Waals surface area contributed by atoms with E-state index in [2.05, 4.69) is 40.8 Å². The zero-order valence-electron chi connectivity index (χ0n) is 7.05. The number of hydrogen-bond donors (Lipinski definition) is 0. The first-order chi connectivity index (χ1) is 6.70. The highest BCUT2D eigenvalue weighted by Gasteiger charge is 2.04. The summed E-state index contributed by atoms with van der Waals surface area (Å²) in [6.07, 6.45) is 0.480. The van der Waals surface area contributed by atoms with Crippen LogP contribution in [0.2, 0.25) is 5.02 Å². The molecule has 2 aromatic rings. The van der Waals surface area contributed by atoms with Crippen molar-refractivity contribution in [1.82, 2.24) is 0 Å². The van der Waals surface area contributed by atoms with E-state index in [1.165, 1.54) is 5.39 Å². The molecular formula is C10H5ClINS. The average molecular weight is 334 g/mol. The summed E-state index contributed by atoms with van der Waals surface area (Å²) in [5, 5.41) is 10.5. The van der Waals surface area contributed by atoms with Gasteiger partial charge in [-0.2, -0.15) is 5.26 Å². The fourth-order valence-electron chi connectivity index (χ4n) is 1.25. The zero-order valence-corrected chi connectivity index (χ0v) is 10.8. The number of hydrogen-bond acceptors (Lipinski definition) is 2. The molecule has 0 bridgehead atoms. The minimum Gasteiger partial charge on any atom is -0.198 e. The molecule has 1 heterocycles. The Labute approximate surface area is 104 Å². The highest BCUT2D eigenvalue weighted by Crippen LogP contribution is 2.31. The van der Waals surface area contributed by atoms with E-state index in [1.807, 2.05) is 6.07 Å². The van der Waals surface area contributed by atoms with Gasteiger partial charge in [-0.3, -0.25) is 0 Å². The largest absolute Gasteiger partial charge is 0.198 e. The maximum Gasteiger partial charge on any atom is 0.0696 e. The van der Waals surface area contributed by atoms with Crippen molar-refractivity contribution in [3.8, 4) is 6.07 Å². The van der Waals surface area contributed by atoms with Gasteiger partial charge in [-0.05, 0) is 46.2 Å². The van der Waals surface area contributed by atoms with Crippen LogP contribution in [0.25, 0.3) is 10.1 Å². The molecule has 2 rings (SSSR count). The average Bonchev–Trinajstić information content (AvgIpc) is 2.48. The van der Waals surface area contributed by atoms with Crippen LogP contribution in [-0.2, 0) is 6.42 Å². The number of nitrogens with zero attached hydrogens (tertiary/aromatic N) is 1. The van der Waals surface area contributed by atoms with Crippen molar-refractivity contribution >= 4 is 55.6 Å². The molecule has 0 radical (unpaired) electrons. The summed E-state index contributed by atoms with van der Waals surface area (Å²) in [6, 6.07) is 8.22. The molecule has 0 atom stereocenters. The second-order valence-corrected chi connectivity index (χ2v) is 5.59. The third kappa shape index (κ3) is 1.88. The van der Waals surface area contributed by atoms with Gasteiger partial charge in [0, 0.05) is 13.1 Å². The monoisotopic (exact) mass is 333 g/mol. The zero-order chi connectivity index (χ0) is 10.1. The summed E-state index contributed by atoms with van der Waals surface area (Å²) in [5.41, 5.74) is 0. The summed E-state index contributed by atoms with van der Waals surface area (Å²) in [4.78, 5) is 1.10. The number of halogens is 2. The van der Waals surface area contributed by atoms with E-state index < -0.39 is 0 Å². The molecule has 14 heavy (non-hydrogen) atoms. The van der Waals surface area contributed by atoms with Gasteiger partial charge >= 0.3 is 0 Å². The number of benzene rings is 1. The van der Waals surface area contributed by atoms with E-state index >= 15 is 0 Å². The van der Waals surface area contributed by atoms with Crippen LogP contribution >= 0.6 is 45.5 Å². The lowest BCUT2D eigenvalue weighted by Crippen LogP contribution is -1.72. The van der Waals surface area contributed by atoms with E-state index in [4.69, 9.17) is 16.9 Å². The summed E-state index contributed by atoms with van der Waals surface area (Å²) >= 11 is 9.85. The van der Waals surface area contributed by atoms with Crippen molar-refractivity contribution in [2.24, 2.45) is 0 Å². The first-order valence-electron chi connectivity index (χ1n) is 3.95. The molecule has 0 fully saturated rings. The number of fused-ring (bicyclic) bond motifs is 1. The predicted molar refractivity (Wildman–Crippen MR) is 68.9 cm³/mol. The van der Waals surface area contributed by atoms with Crippen LogP contribution in [0.4, 0.5) is 0 Å². The topological polar surface area (TPSA) is 23.8 Å². The van der Waals surface area contributed by atoms with Gasteiger partial charge in [0.15, 0.2) is 0 Å². The second-order valence-electron chi connectivity index (χ2n) is 2.85. The molecule has 0 spiro atoms. The highest BCUT2D eigenvalue weighted by molar-refractivity contribution is 14.1. The van der Waals surface area contributed by atoms with Crippen LogP contribution in [0, 0.1) is 14.9 Å². The summed E-state index contributed by atoms with van der Waals surface area (Å²) in [6.45, 7) is 0. The van der Waals surface area contributed by atoms with E-state index in [0.29, 0.717) is 6.42 Å². The van der Waals surface area contributed by atoms with Crippen LogP contribution in [0.3, 0.4) is 0 Å². The molecule has 0 amide bonds. The van der Waals surface area contributed by atoms with Crippen molar-refractivity contribution in [2.45, 2.75) is 6.42 Å². The van der Waals surface area contributed by atoms with Gasteiger partial charge in [0.1, 0.15) is 0 Å². The van der Waals surface area contributed by atoms with Crippen LogP contribution in [0.5, 0.6) is 0 Å². The highest BCUT2D eigenvalue weighted by atomic mass is 127. The third-order valence-corrected chi connectivity index (χ3v) is 4.49. The maximum absolute atomic E-state index is 8.58. The molecule has 0 saturated carbocycles. The summed E-state index contributed by atoms with van der Waals surface area (Å²) < 4.78 is 2.21. The maximum atomic E-state index is 8.58. The van der Waals surface area contributed by atoms with Gasteiger partial charge in [-0.25, -0.2) is 0 Å². The van der Waals surface area contributed by atoms with Gasteiger partial charge < -0.3 is 0 Å². The molecule has 4 heteroatoms. The molecule has 1 aromatic heterocycles. The van der Waals surface area contributed by atoms with Gasteiger partial charge in [0.05, 0.1) is 17.5 Å². The van der Waals surface area contributed by atoms with Crippen molar-refractivity contribution in [3.05, 3.63) is 31.7 Å². The smallest absolute Gasteiger partial charge is 0.0696 e. The Bertz CT molecular complexity index is 488. The van der Waals surface area contributed by atoms with Gasteiger partial charge in [0.2, 0.25) is 0 Å². The van der Waals surface area contributed by atoms with Crippen LogP contribution < -0.4 is 0 Å². The Morgan fingerprint density at radius 3 is 2.93 bits per heavy atom. The van der Waals surface area contributed by atoms with Gasteiger partial charge in [-0.1, -0.05) is 11.6 Å². The lowest BCUT2D eigenvalue weighted by atomic mass is 10.2. The van der Waals surface area contributed by atoms with E-state index in [1.54, 1.807) is 11.3 Å². The van der Waals surface area contributed by atoms with E-state index in [0.717, 1.165) is 18.2 Å². The number of nitriles is 1. The van der Waals surface area contributed by atoms with Gasteiger partial charge in [-0.15, -0.1) is 11.3 Å². The first-order valence-corrected chi connectivity index (χ1v) is 6.22. The minimum atomic E-state index is 0.480. The molecular weight excluding hydrogens is 329 g/mol. The second kappa shape index (κ2) is 4.05. The van der Waals surface area contributed by atoms with Crippen molar-refractivity contribution in [2.75, 3.05) is 0 Å². The number of rotatable bonds is 1. The molecule has 0 saturated heterocycles. The lowest BCUT2D eigenvalue weighted by Gasteiger charge is -1.94. The van der Waals surface area contributed by atoms with Crippen molar-refractivity contribution < 1.29 is 0 Å². The molecule has 0 aliphatic carbocycles. The Balaban J connectivity index is 2.61. The SMILES string of the molecule is N#CCc1cc2cc(I)c(Cl)cc2s1. The Kier molecular flexibility index (Phi) is 2.96. The predicted octanol–water partition coefficient (Wildman–Crippen LogP) is 4.23. The van der Waals surface area contributed by atoms with Crippen molar-refractivity contribution in [3.63, 3.8) is 0 Å². The van der Waals surface area contributed by atoms with Crippen LogP contribution in [0.1, 0.15) is 4.88 Å². The lowest BCUT2D eigenvalue weighted by molar-refractivity contribution is 1.32. The Morgan fingerprint density at radius 2 is 2.21 bits per heavy atom. The fourth-order valence-corrected chi connectivity index (χ4v) is 2.99. The molecule has 0 aliphatic rings. The van der Waals surface area contributed by atoms with E-state index in [9.17, 15) is 0 Å². The molecule has 0 N–H and O–H groups in total. The minimum absolute atomic E-state index is 0.480. The fraction of sp³-hybridized carbons (Fsp3) is 0.100. The quantitative estimate of drug-likeness (QED) is 0.717. The molecule has 70 valence electrons. The van der Waals surface area contributed by atoms with E-state index in [-0.39, 0.29) is 0 Å². The standard InChI is InChI=1S/C10H5ClINS/c11-8-5-10-6(4-9(8)12)3-7(14-10)1-2-13/h3-5H,1H2. The Hall–Kier alpha value is -0.310. The molecule has 0 unspecified atom stereocenters. The molecule has 1 aromatic carbocycles. The summed E-state index contributed by atoms with van der Waals surface area (Å²) in [7, 11) is 0. The van der Waals surface area contributed by atoms with Crippen LogP contribution in [0.15, 0.2) is 18.2 Å². The van der Waals surface area contributed by atoms with Crippen LogP contribution in [-0.4, -0.2) is 0 Å². The normalized spacial score (nSPS) is 10.4. The van der Waals surface area contributed by atoms with Gasteiger partial charge in [0.25, 0.3) is 0 Å². The third-order valence-electron chi connectivity index (χ3n) is 1.86. The van der Waals surface area contributed by atoms with Crippen molar-refractivity contribution in [1.29, 1.82) is 5.26 Å². The summed E-state index contributed by atoms with van der Waals surface area (Å²) in [5.74, 6) is 0. The molecule has 0 aliphatic heterocycles.